The van der Waals surface area contributed by atoms with E-state index in [4.69, 9.17) is 5.11 Å². The molecule has 0 amide bonds. The van der Waals surface area contributed by atoms with Crippen LogP contribution in [0.1, 0.15) is 13.8 Å². The van der Waals surface area contributed by atoms with Crippen LogP contribution in [0.25, 0.3) is 0 Å². The zero-order valence-corrected chi connectivity index (χ0v) is 9.52. The summed E-state index contributed by atoms with van der Waals surface area (Å²) in [5, 5.41) is 8.98. The van der Waals surface area contributed by atoms with Crippen molar-refractivity contribution < 1.29 is 14.7 Å². The standard InChI is InChI=1S/C11H17NO3/c1-11(2)8(9(11)10(14)15)7(6-13)5-12(3)4/h5-6,8-9H,1-4H3,(H,14,15)/b7-5-/t8-,9+/m1/s1. The lowest BCUT2D eigenvalue weighted by atomic mass is 10.0. The molecule has 1 aliphatic rings. The molecule has 1 rings (SSSR count). The predicted molar refractivity (Wildman–Crippen MR) is 56.2 cm³/mol. The van der Waals surface area contributed by atoms with Crippen molar-refractivity contribution in [3.63, 3.8) is 0 Å². The lowest BCUT2D eigenvalue weighted by molar-refractivity contribution is -0.139. The summed E-state index contributed by atoms with van der Waals surface area (Å²) >= 11 is 0. The molecule has 0 aromatic heterocycles. The molecule has 1 aliphatic carbocycles. The van der Waals surface area contributed by atoms with Crippen LogP contribution in [-0.4, -0.2) is 36.4 Å². The van der Waals surface area contributed by atoms with Gasteiger partial charge in [0.15, 0.2) is 0 Å². The normalized spacial score (nSPS) is 28.4. The van der Waals surface area contributed by atoms with Crippen LogP contribution >= 0.6 is 0 Å². The average molecular weight is 211 g/mol. The third kappa shape index (κ3) is 2.03. The second kappa shape index (κ2) is 3.68. The Morgan fingerprint density at radius 2 is 1.87 bits per heavy atom. The Morgan fingerprint density at radius 3 is 2.13 bits per heavy atom. The van der Waals surface area contributed by atoms with Crippen molar-refractivity contribution in [3.8, 4) is 0 Å². The van der Waals surface area contributed by atoms with E-state index in [1.165, 1.54) is 0 Å². The minimum Gasteiger partial charge on any atom is -0.481 e. The van der Waals surface area contributed by atoms with Crippen molar-refractivity contribution in [1.82, 2.24) is 4.90 Å². The van der Waals surface area contributed by atoms with E-state index in [9.17, 15) is 9.59 Å². The molecule has 0 radical (unpaired) electrons. The first-order chi connectivity index (χ1) is 6.82. The molecule has 1 fully saturated rings. The second-order valence-corrected chi connectivity index (χ2v) is 4.83. The predicted octanol–water partition coefficient (Wildman–Crippen LogP) is 0.988. The SMILES string of the molecule is CN(C)/C=C(/C=O)[C@@H]1[C@@H](C(=O)O)C1(C)C. The van der Waals surface area contributed by atoms with Gasteiger partial charge in [-0.2, -0.15) is 0 Å². The first-order valence-electron chi connectivity index (χ1n) is 4.88. The van der Waals surface area contributed by atoms with Crippen LogP contribution in [0.15, 0.2) is 11.8 Å². The van der Waals surface area contributed by atoms with E-state index in [1.54, 1.807) is 11.1 Å². The lowest BCUT2D eigenvalue weighted by Gasteiger charge is -2.07. The van der Waals surface area contributed by atoms with Gasteiger partial charge in [0.05, 0.1) is 5.92 Å². The summed E-state index contributed by atoms with van der Waals surface area (Å²) in [5.41, 5.74) is 0.256. The lowest BCUT2D eigenvalue weighted by Crippen LogP contribution is -2.07. The van der Waals surface area contributed by atoms with Crippen LogP contribution < -0.4 is 0 Å². The maximum absolute atomic E-state index is 10.9. The van der Waals surface area contributed by atoms with Gasteiger partial charge in [-0.05, 0) is 5.41 Å². The molecule has 0 saturated heterocycles. The van der Waals surface area contributed by atoms with E-state index in [0.29, 0.717) is 5.57 Å². The highest BCUT2D eigenvalue weighted by Gasteiger charge is 2.63. The van der Waals surface area contributed by atoms with Gasteiger partial charge in [0.1, 0.15) is 6.29 Å². The fourth-order valence-corrected chi connectivity index (χ4v) is 2.20. The van der Waals surface area contributed by atoms with Gasteiger partial charge in [-0.3, -0.25) is 9.59 Å². The topological polar surface area (TPSA) is 57.6 Å². The number of carbonyl (C=O) groups is 2. The monoisotopic (exact) mass is 211 g/mol. The van der Waals surface area contributed by atoms with Crippen molar-refractivity contribution in [2.75, 3.05) is 14.1 Å². The summed E-state index contributed by atoms with van der Waals surface area (Å²) in [6, 6.07) is 0. The minimum atomic E-state index is -0.823. The molecule has 1 N–H and O–H groups in total. The zero-order chi connectivity index (χ0) is 11.8. The minimum absolute atomic E-state index is 0.158. The Labute approximate surface area is 89.6 Å². The fourth-order valence-electron chi connectivity index (χ4n) is 2.20. The fraction of sp³-hybridized carbons (Fsp3) is 0.636. The third-order valence-electron chi connectivity index (χ3n) is 3.00. The first-order valence-corrected chi connectivity index (χ1v) is 4.88. The highest BCUT2D eigenvalue weighted by atomic mass is 16.4. The Hall–Kier alpha value is -1.32. The number of nitrogens with zero attached hydrogens (tertiary/aromatic N) is 1. The molecule has 4 heteroatoms. The number of hydrogen-bond donors (Lipinski definition) is 1. The van der Waals surface area contributed by atoms with E-state index in [2.05, 4.69) is 0 Å². The van der Waals surface area contributed by atoms with Gasteiger partial charge in [0.2, 0.25) is 0 Å². The Bertz CT molecular complexity index is 318. The van der Waals surface area contributed by atoms with Crippen molar-refractivity contribution >= 4 is 12.3 Å². The van der Waals surface area contributed by atoms with E-state index in [0.717, 1.165) is 6.29 Å². The number of allylic oxidation sites excluding steroid dienone is 1. The van der Waals surface area contributed by atoms with E-state index >= 15 is 0 Å². The number of carboxylic acids is 1. The van der Waals surface area contributed by atoms with Gasteiger partial charge in [-0.1, -0.05) is 13.8 Å². The van der Waals surface area contributed by atoms with Gasteiger partial charge in [0, 0.05) is 31.8 Å². The van der Waals surface area contributed by atoms with E-state index < -0.39 is 11.9 Å². The van der Waals surface area contributed by atoms with Gasteiger partial charge in [0.25, 0.3) is 0 Å². The smallest absolute Gasteiger partial charge is 0.307 e. The molecule has 4 nitrogen and oxygen atoms in total. The molecular formula is C11H17NO3. The van der Waals surface area contributed by atoms with Crippen molar-refractivity contribution in [3.05, 3.63) is 11.8 Å². The molecule has 1 saturated carbocycles. The van der Waals surface area contributed by atoms with Crippen LogP contribution in [0, 0.1) is 17.3 Å². The quantitative estimate of drug-likeness (QED) is 0.556. The van der Waals surface area contributed by atoms with Crippen LogP contribution in [-0.2, 0) is 9.59 Å². The maximum Gasteiger partial charge on any atom is 0.307 e. The Morgan fingerprint density at radius 1 is 1.33 bits per heavy atom. The van der Waals surface area contributed by atoms with Crippen LogP contribution in [0.3, 0.4) is 0 Å². The summed E-state index contributed by atoms with van der Waals surface area (Å²) < 4.78 is 0. The number of carbonyl (C=O) groups excluding carboxylic acids is 1. The summed E-state index contributed by atoms with van der Waals surface area (Å²) in [7, 11) is 3.63. The molecule has 84 valence electrons. The van der Waals surface area contributed by atoms with E-state index in [-0.39, 0.29) is 11.3 Å². The highest BCUT2D eigenvalue weighted by molar-refractivity contribution is 5.83. The average Bonchev–Trinajstić information content (AvgIpc) is 2.64. The summed E-state index contributed by atoms with van der Waals surface area (Å²) in [6.07, 6.45) is 2.46. The summed E-state index contributed by atoms with van der Waals surface area (Å²) in [4.78, 5) is 23.6. The molecule has 0 spiro atoms. The van der Waals surface area contributed by atoms with Crippen molar-refractivity contribution in [2.24, 2.45) is 17.3 Å². The molecule has 0 aromatic rings. The molecular weight excluding hydrogens is 194 g/mol. The van der Waals surface area contributed by atoms with Gasteiger partial charge < -0.3 is 10.0 Å². The number of aldehydes is 1. The molecule has 0 unspecified atom stereocenters. The summed E-state index contributed by atoms with van der Waals surface area (Å²) in [6.45, 7) is 3.76. The largest absolute Gasteiger partial charge is 0.481 e. The molecule has 15 heavy (non-hydrogen) atoms. The molecule has 0 heterocycles. The third-order valence-corrected chi connectivity index (χ3v) is 3.00. The Kier molecular flexibility index (Phi) is 2.88. The molecule has 0 aliphatic heterocycles. The van der Waals surface area contributed by atoms with Crippen molar-refractivity contribution in [2.45, 2.75) is 13.8 Å². The highest BCUT2D eigenvalue weighted by Crippen LogP contribution is 2.61. The van der Waals surface area contributed by atoms with Gasteiger partial charge >= 0.3 is 5.97 Å². The number of aliphatic carboxylic acids is 1. The molecule has 2 atom stereocenters. The van der Waals surface area contributed by atoms with Crippen LogP contribution in [0.5, 0.6) is 0 Å². The number of hydrogen-bond acceptors (Lipinski definition) is 3. The van der Waals surface area contributed by atoms with Gasteiger partial charge in [-0.25, -0.2) is 0 Å². The Balaban J connectivity index is 2.91. The van der Waals surface area contributed by atoms with Crippen molar-refractivity contribution in [1.29, 1.82) is 0 Å². The zero-order valence-electron chi connectivity index (χ0n) is 9.52. The van der Waals surface area contributed by atoms with Crippen LogP contribution in [0.4, 0.5) is 0 Å². The van der Waals surface area contributed by atoms with E-state index in [1.807, 2.05) is 27.9 Å². The van der Waals surface area contributed by atoms with Crippen LogP contribution in [0.2, 0.25) is 0 Å². The maximum atomic E-state index is 10.9. The molecule has 0 aromatic carbocycles. The number of rotatable bonds is 4. The second-order valence-electron chi connectivity index (χ2n) is 4.83. The first kappa shape index (κ1) is 11.8. The van der Waals surface area contributed by atoms with Gasteiger partial charge in [-0.15, -0.1) is 0 Å². The molecule has 0 bridgehead atoms. The summed E-state index contributed by atoms with van der Waals surface area (Å²) in [5.74, 6) is -1.42. The number of carboxylic acid groups (broad SMARTS) is 1.